The first-order valence-corrected chi connectivity index (χ1v) is 12.6. The monoisotopic (exact) mass is 452 g/mol. The smallest absolute Gasteiger partial charge is 0.253 e. The van der Waals surface area contributed by atoms with E-state index in [1.165, 1.54) is 28.6 Å². The lowest BCUT2D eigenvalue weighted by atomic mass is 10.1. The SMILES string of the molecule is O=C(CSc1ncnc2sc3c(c12)CCC3)Nc1ccccc1C(=O)NC1CCCC1. The first-order valence-electron chi connectivity index (χ1n) is 10.8. The van der Waals surface area contributed by atoms with Crippen LogP contribution in [0.1, 0.15) is 52.9 Å². The van der Waals surface area contributed by atoms with Gasteiger partial charge in [-0.05, 0) is 49.8 Å². The molecule has 0 unspecified atom stereocenters. The van der Waals surface area contributed by atoms with Gasteiger partial charge in [-0.1, -0.05) is 36.7 Å². The summed E-state index contributed by atoms with van der Waals surface area (Å²) in [4.78, 5) is 36.7. The van der Waals surface area contributed by atoms with Crippen LogP contribution in [0.15, 0.2) is 35.6 Å². The number of para-hydroxylation sites is 1. The maximum Gasteiger partial charge on any atom is 0.253 e. The summed E-state index contributed by atoms with van der Waals surface area (Å²) >= 11 is 3.18. The summed E-state index contributed by atoms with van der Waals surface area (Å²) in [6.45, 7) is 0. The summed E-state index contributed by atoms with van der Waals surface area (Å²) in [5.41, 5.74) is 2.41. The Morgan fingerprint density at radius 2 is 1.94 bits per heavy atom. The Morgan fingerprint density at radius 3 is 2.81 bits per heavy atom. The molecular weight excluding hydrogens is 428 g/mol. The summed E-state index contributed by atoms with van der Waals surface area (Å²) in [5.74, 6) is -0.0403. The van der Waals surface area contributed by atoms with E-state index in [1.807, 2.05) is 12.1 Å². The van der Waals surface area contributed by atoms with Crippen LogP contribution in [-0.2, 0) is 17.6 Å². The maximum atomic E-state index is 12.7. The molecule has 2 aliphatic carbocycles. The van der Waals surface area contributed by atoms with Crippen LogP contribution in [0, 0.1) is 0 Å². The van der Waals surface area contributed by atoms with E-state index in [2.05, 4.69) is 20.6 Å². The molecule has 0 radical (unpaired) electrons. The van der Waals surface area contributed by atoms with Crippen molar-refractivity contribution >= 4 is 50.8 Å². The predicted octanol–water partition coefficient (Wildman–Crippen LogP) is 4.58. The van der Waals surface area contributed by atoms with Crippen LogP contribution in [-0.4, -0.2) is 33.6 Å². The highest BCUT2D eigenvalue weighted by molar-refractivity contribution is 8.00. The van der Waals surface area contributed by atoms with E-state index in [0.717, 1.165) is 53.8 Å². The molecular formula is C23H24N4O2S2. The van der Waals surface area contributed by atoms with Gasteiger partial charge in [0, 0.05) is 16.3 Å². The number of hydrogen-bond donors (Lipinski definition) is 2. The zero-order chi connectivity index (χ0) is 21.2. The Labute approximate surface area is 189 Å². The summed E-state index contributed by atoms with van der Waals surface area (Å²) in [5, 5.41) is 8.00. The van der Waals surface area contributed by atoms with Crippen LogP contribution >= 0.6 is 23.1 Å². The number of carbonyl (C=O) groups excluding carboxylic acids is 2. The fraction of sp³-hybridized carbons (Fsp3) is 0.391. The molecule has 5 rings (SSSR count). The fourth-order valence-corrected chi connectivity index (χ4v) is 6.57. The van der Waals surface area contributed by atoms with Crippen LogP contribution in [0.4, 0.5) is 5.69 Å². The van der Waals surface area contributed by atoms with Gasteiger partial charge in [-0.25, -0.2) is 9.97 Å². The molecule has 0 aliphatic heterocycles. The van der Waals surface area contributed by atoms with Gasteiger partial charge in [-0.3, -0.25) is 9.59 Å². The summed E-state index contributed by atoms with van der Waals surface area (Å²) < 4.78 is 0. The highest BCUT2D eigenvalue weighted by Gasteiger charge is 2.23. The molecule has 1 saturated carbocycles. The van der Waals surface area contributed by atoms with Crippen molar-refractivity contribution in [1.82, 2.24) is 15.3 Å². The molecule has 2 N–H and O–H groups in total. The lowest BCUT2D eigenvalue weighted by Gasteiger charge is -2.15. The quantitative estimate of drug-likeness (QED) is 0.422. The van der Waals surface area contributed by atoms with Crippen molar-refractivity contribution in [2.45, 2.75) is 56.0 Å². The Balaban J connectivity index is 1.27. The fourth-order valence-electron chi connectivity index (χ4n) is 4.45. The minimum Gasteiger partial charge on any atom is -0.349 e. The number of anilines is 1. The molecule has 2 aromatic heterocycles. The molecule has 6 nitrogen and oxygen atoms in total. The number of fused-ring (bicyclic) bond motifs is 3. The average molecular weight is 453 g/mol. The Kier molecular flexibility index (Phi) is 5.91. The van der Waals surface area contributed by atoms with Crippen LogP contribution in [0.5, 0.6) is 0 Å². The topological polar surface area (TPSA) is 84.0 Å². The van der Waals surface area contributed by atoms with Gasteiger partial charge in [0.2, 0.25) is 5.91 Å². The number of rotatable bonds is 6. The van der Waals surface area contributed by atoms with E-state index < -0.39 is 0 Å². The molecule has 160 valence electrons. The molecule has 8 heteroatoms. The molecule has 2 aliphatic rings. The maximum absolute atomic E-state index is 12.7. The third-order valence-corrected chi connectivity index (χ3v) is 8.13. The van der Waals surface area contributed by atoms with E-state index in [9.17, 15) is 9.59 Å². The molecule has 2 amide bonds. The van der Waals surface area contributed by atoms with Crippen molar-refractivity contribution in [2.75, 3.05) is 11.1 Å². The van der Waals surface area contributed by atoms with Crippen molar-refractivity contribution in [2.24, 2.45) is 0 Å². The lowest BCUT2D eigenvalue weighted by Crippen LogP contribution is -2.33. The average Bonchev–Trinajstić information content (AvgIpc) is 3.50. The van der Waals surface area contributed by atoms with Gasteiger partial charge >= 0.3 is 0 Å². The molecule has 31 heavy (non-hydrogen) atoms. The highest BCUT2D eigenvalue weighted by Crippen LogP contribution is 2.40. The first-order chi connectivity index (χ1) is 15.2. The van der Waals surface area contributed by atoms with Crippen LogP contribution < -0.4 is 10.6 Å². The Morgan fingerprint density at radius 1 is 1.10 bits per heavy atom. The summed E-state index contributed by atoms with van der Waals surface area (Å²) in [7, 11) is 0. The van der Waals surface area contributed by atoms with Crippen molar-refractivity contribution in [3.05, 3.63) is 46.6 Å². The largest absolute Gasteiger partial charge is 0.349 e. The number of benzene rings is 1. The van der Waals surface area contributed by atoms with E-state index in [0.29, 0.717) is 11.3 Å². The minimum absolute atomic E-state index is 0.123. The normalized spacial score (nSPS) is 15.9. The number of thiophene rings is 1. The van der Waals surface area contributed by atoms with Gasteiger partial charge in [0.05, 0.1) is 17.0 Å². The number of nitrogens with zero attached hydrogens (tertiary/aromatic N) is 2. The van der Waals surface area contributed by atoms with Gasteiger partial charge in [-0.2, -0.15) is 0 Å². The Hall–Kier alpha value is -2.45. The second-order valence-corrected chi connectivity index (χ2v) is 10.1. The lowest BCUT2D eigenvalue weighted by molar-refractivity contribution is -0.113. The third-order valence-electron chi connectivity index (χ3n) is 5.94. The Bertz CT molecular complexity index is 1140. The molecule has 0 bridgehead atoms. The first kappa shape index (κ1) is 20.5. The van der Waals surface area contributed by atoms with E-state index >= 15 is 0 Å². The van der Waals surface area contributed by atoms with Gasteiger partial charge < -0.3 is 10.6 Å². The van der Waals surface area contributed by atoms with Crippen molar-refractivity contribution < 1.29 is 9.59 Å². The van der Waals surface area contributed by atoms with Crippen molar-refractivity contribution in [3.8, 4) is 0 Å². The van der Waals surface area contributed by atoms with Gasteiger partial charge in [0.1, 0.15) is 16.2 Å². The molecule has 1 fully saturated rings. The highest BCUT2D eigenvalue weighted by atomic mass is 32.2. The molecule has 0 spiro atoms. The number of aromatic nitrogens is 2. The molecule has 0 saturated heterocycles. The third kappa shape index (κ3) is 4.32. The van der Waals surface area contributed by atoms with Crippen LogP contribution in [0.25, 0.3) is 10.2 Å². The van der Waals surface area contributed by atoms with E-state index in [1.54, 1.807) is 29.8 Å². The standard InChI is InChI=1S/C23H24N4O2S2/c28-19(12-30-22-20-16-9-5-11-18(16)31-23(20)25-13-24-22)27-17-10-4-3-8-15(17)21(29)26-14-6-1-2-7-14/h3-4,8,10,13-14H,1-2,5-7,9,11-12H2,(H,26,29)(H,27,28). The van der Waals surface area contributed by atoms with Gasteiger partial charge in [0.15, 0.2) is 0 Å². The number of carbonyl (C=O) groups is 2. The second-order valence-electron chi connectivity index (χ2n) is 8.05. The van der Waals surface area contributed by atoms with Crippen molar-refractivity contribution in [1.29, 1.82) is 0 Å². The van der Waals surface area contributed by atoms with Crippen molar-refractivity contribution in [3.63, 3.8) is 0 Å². The number of nitrogens with one attached hydrogen (secondary N) is 2. The minimum atomic E-state index is -0.148. The van der Waals surface area contributed by atoms with Crippen LogP contribution in [0.3, 0.4) is 0 Å². The summed E-state index contributed by atoms with van der Waals surface area (Å²) in [6, 6.07) is 7.43. The number of amides is 2. The molecule has 2 heterocycles. The predicted molar refractivity (Wildman–Crippen MR) is 125 cm³/mol. The zero-order valence-electron chi connectivity index (χ0n) is 17.1. The molecule has 0 atom stereocenters. The van der Waals surface area contributed by atoms with Gasteiger partial charge in [-0.15, -0.1) is 11.3 Å². The van der Waals surface area contributed by atoms with E-state index in [4.69, 9.17) is 0 Å². The number of aryl methyl sites for hydroxylation is 2. The van der Waals surface area contributed by atoms with Crippen LogP contribution in [0.2, 0.25) is 0 Å². The second kappa shape index (κ2) is 8.96. The number of thioether (sulfide) groups is 1. The number of hydrogen-bond acceptors (Lipinski definition) is 6. The molecule has 1 aromatic carbocycles. The zero-order valence-corrected chi connectivity index (χ0v) is 18.8. The van der Waals surface area contributed by atoms with Gasteiger partial charge in [0.25, 0.3) is 5.91 Å². The summed E-state index contributed by atoms with van der Waals surface area (Å²) in [6.07, 6.45) is 9.29. The molecule has 3 aromatic rings. The van der Waals surface area contributed by atoms with E-state index in [-0.39, 0.29) is 23.6 Å².